The topological polar surface area (TPSA) is 105 Å². The molecule has 150 valence electrons. The first-order valence-corrected chi connectivity index (χ1v) is 10.4. The first-order chi connectivity index (χ1) is 13.9. The van der Waals surface area contributed by atoms with Gasteiger partial charge in [0.05, 0.1) is 5.56 Å². The minimum atomic E-state index is -0.626. The third-order valence-corrected chi connectivity index (χ3v) is 6.48. The molecule has 2 heterocycles. The Labute approximate surface area is 175 Å². The minimum absolute atomic E-state index is 0.137. The Morgan fingerprint density at radius 3 is 2.45 bits per heavy atom. The smallest absolute Gasteiger partial charge is 0.253 e. The normalized spacial score (nSPS) is 14.0. The lowest BCUT2D eigenvalue weighted by molar-refractivity contribution is 0.1000. The molecule has 3 aromatic rings. The van der Waals surface area contributed by atoms with E-state index in [1.165, 1.54) is 11.3 Å². The zero-order valence-corrected chi connectivity index (χ0v) is 17.2. The lowest BCUT2D eigenvalue weighted by Gasteiger charge is -2.25. The zero-order chi connectivity index (χ0) is 20.7. The third-order valence-electron chi connectivity index (χ3n) is 5.09. The summed E-state index contributed by atoms with van der Waals surface area (Å²) in [4.78, 5) is 39.7. The van der Waals surface area contributed by atoms with Crippen LogP contribution in [0.25, 0.3) is 0 Å². The van der Waals surface area contributed by atoms with Crippen LogP contribution in [0.2, 0.25) is 5.02 Å². The van der Waals surface area contributed by atoms with Crippen LogP contribution in [0.4, 0.5) is 22.1 Å². The number of hydrogen-bond acceptors (Lipinski definition) is 7. The molecule has 4 N–H and O–H groups in total. The number of fused-ring (bicyclic) bond motifs is 1. The molecular weight excluding hydrogens is 412 g/mol. The first kappa shape index (κ1) is 19.6. The highest BCUT2D eigenvalue weighted by atomic mass is 35.5. The highest BCUT2D eigenvalue weighted by Crippen LogP contribution is 2.39. The van der Waals surface area contributed by atoms with Crippen LogP contribution in [-0.2, 0) is 13.0 Å². The van der Waals surface area contributed by atoms with Crippen LogP contribution in [0.15, 0.2) is 33.9 Å². The van der Waals surface area contributed by atoms with Crippen LogP contribution in [0.1, 0.15) is 27.7 Å². The van der Waals surface area contributed by atoms with Crippen molar-refractivity contribution in [3.8, 4) is 0 Å². The van der Waals surface area contributed by atoms with Gasteiger partial charge in [0.1, 0.15) is 16.4 Å². The zero-order valence-electron chi connectivity index (χ0n) is 15.7. The van der Waals surface area contributed by atoms with E-state index in [-0.39, 0.29) is 11.4 Å². The number of benzene rings is 1. The van der Waals surface area contributed by atoms with Crippen molar-refractivity contribution in [2.45, 2.75) is 19.9 Å². The van der Waals surface area contributed by atoms with E-state index in [4.69, 9.17) is 17.3 Å². The molecule has 9 heteroatoms. The molecule has 29 heavy (non-hydrogen) atoms. The summed E-state index contributed by atoms with van der Waals surface area (Å²) in [5.74, 6) is -0.541. The van der Waals surface area contributed by atoms with Gasteiger partial charge in [-0.05, 0) is 42.8 Å². The molecule has 1 aromatic heterocycles. The van der Waals surface area contributed by atoms with Gasteiger partial charge in [0.15, 0.2) is 0 Å². The highest BCUT2D eigenvalue weighted by Gasteiger charge is 2.29. The van der Waals surface area contributed by atoms with Crippen molar-refractivity contribution >= 4 is 50.9 Å². The van der Waals surface area contributed by atoms with Crippen LogP contribution in [0.5, 0.6) is 0 Å². The van der Waals surface area contributed by atoms with Gasteiger partial charge in [-0.1, -0.05) is 18.5 Å². The number of nitrogens with zero attached hydrogens (tertiary/aromatic N) is 1. The molecule has 0 radical (unpaired) electrons. The molecule has 0 saturated heterocycles. The van der Waals surface area contributed by atoms with E-state index in [0.29, 0.717) is 21.3 Å². The average Bonchev–Trinajstić information content (AvgIpc) is 3.08. The van der Waals surface area contributed by atoms with Crippen LogP contribution >= 0.6 is 22.9 Å². The molecular formula is C20H19ClN4O3S. The molecule has 1 amide bonds. The number of carbonyl (C=O) groups excluding carboxylic acids is 1. The van der Waals surface area contributed by atoms with Gasteiger partial charge in [-0.3, -0.25) is 19.3 Å². The maximum atomic E-state index is 12.2. The fraction of sp³-hybridized carbons (Fsp3) is 0.250. The van der Waals surface area contributed by atoms with E-state index in [1.54, 1.807) is 24.3 Å². The maximum Gasteiger partial charge on any atom is 0.253 e. The summed E-state index contributed by atoms with van der Waals surface area (Å²) in [6.45, 7) is 4.59. The number of thiophene rings is 1. The van der Waals surface area contributed by atoms with Crippen molar-refractivity contribution in [1.82, 2.24) is 4.90 Å². The number of nitrogens with one attached hydrogen (secondary N) is 2. The first-order valence-electron chi connectivity index (χ1n) is 9.18. The summed E-state index contributed by atoms with van der Waals surface area (Å²) in [5.41, 5.74) is 6.67. The Balaban J connectivity index is 1.67. The van der Waals surface area contributed by atoms with Crippen LogP contribution < -0.4 is 27.2 Å². The number of amides is 1. The second kappa shape index (κ2) is 7.62. The van der Waals surface area contributed by atoms with Gasteiger partial charge in [0.2, 0.25) is 0 Å². The van der Waals surface area contributed by atoms with E-state index >= 15 is 0 Å². The van der Waals surface area contributed by atoms with Crippen molar-refractivity contribution in [3.05, 3.63) is 65.7 Å². The summed E-state index contributed by atoms with van der Waals surface area (Å²) in [5, 5.41) is 7.02. The summed E-state index contributed by atoms with van der Waals surface area (Å²) < 4.78 is 0. The largest absolute Gasteiger partial charge is 0.365 e. The van der Waals surface area contributed by atoms with E-state index in [2.05, 4.69) is 22.5 Å². The third kappa shape index (κ3) is 3.55. The number of carbonyl (C=O) groups is 1. The van der Waals surface area contributed by atoms with Gasteiger partial charge in [0.25, 0.3) is 16.8 Å². The molecule has 2 aromatic carbocycles. The van der Waals surface area contributed by atoms with E-state index in [0.717, 1.165) is 36.5 Å². The molecule has 0 aliphatic carbocycles. The van der Waals surface area contributed by atoms with Gasteiger partial charge in [-0.15, -0.1) is 11.3 Å². The van der Waals surface area contributed by atoms with Crippen molar-refractivity contribution in [1.29, 1.82) is 0 Å². The van der Waals surface area contributed by atoms with Gasteiger partial charge in [0, 0.05) is 28.7 Å². The van der Waals surface area contributed by atoms with Crippen LogP contribution in [0, 0.1) is 0 Å². The van der Waals surface area contributed by atoms with Crippen LogP contribution in [0.3, 0.4) is 0 Å². The summed E-state index contributed by atoms with van der Waals surface area (Å²) >= 11 is 7.29. The van der Waals surface area contributed by atoms with Crippen molar-refractivity contribution in [3.63, 3.8) is 0 Å². The number of rotatable bonds is 6. The Morgan fingerprint density at radius 1 is 1.17 bits per heavy atom. The molecule has 0 atom stereocenters. The lowest BCUT2D eigenvalue weighted by atomic mass is 10.0. The van der Waals surface area contributed by atoms with E-state index in [9.17, 15) is 14.4 Å². The summed E-state index contributed by atoms with van der Waals surface area (Å²) in [6.07, 6.45) is 0.724. The monoisotopic (exact) mass is 430 g/mol. The number of likely N-dealkylation sites (N-methyl/N-ethyl adjacent to an activating group) is 1. The molecule has 7 nitrogen and oxygen atoms in total. The predicted molar refractivity (Wildman–Crippen MR) is 117 cm³/mol. The molecule has 0 unspecified atom stereocenters. The second-order valence-electron chi connectivity index (χ2n) is 6.86. The maximum absolute atomic E-state index is 12.2. The van der Waals surface area contributed by atoms with Gasteiger partial charge >= 0.3 is 0 Å². The second-order valence-corrected chi connectivity index (χ2v) is 8.40. The molecule has 0 bridgehead atoms. The predicted octanol–water partition coefficient (Wildman–Crippen LogP) is 2.96. The fourth-order valence-corrected chi connectivity index (χ4v) is 4.92. The molecule has 0 spiro atoms. The molecule has 1 aliphatic rings. The highest BCUT2D eigenvalue weighted by molar-refractivity contribution is 7.16. The Morgan fingerprint density at radius 2 is 1.83 bits per heavy atom. The summed E-state index contributed by atoms with van der Waals surface area (Å²) in [7, 11) is 0. The number of primary amides is 1. The number of nitrogens with two attached hydrogens (primary N) is 1. The Hall–Kier alpha value is -2.68. The molecule has 4 rings (SSSR count). The van der Waals surface area contributed by atoms with Crippen molar-refractivity contribution in [2.75, 3.05) is 23.7 Å². The molecule has 1 aliphatic heterocycles. The van der Waals surface area contributed by atoms with Crippen molar-refractivity contribution in [2.24, 2.45) is 5.73 Å². The number of halogens is 1. The van der Waals surface area contributed by atoms with E-state index in [1.807, 2.05) is 0 Å². The Kier molecular flexibility index (Phi) is 5.16. The van der Waals surface area contributed by atoms with Gasteiger partial charge < -0.3 is 16.4 Å². The Bertz CT molecular complexity index is 1160. The standard InChI is InChI=1S/C20H19ClN4O3S/c1-2-25-8-7-12-13(9-25)29-20(14(12)19(22)28)24-16-15(17(26)18(16)27)23-11-5-3-10(21)4-6-11/h3-6,23-24H,2,7-9H2,1H3,(H2,22,28). The lowest BCUT2D eigenvalue weighted by Crippen LogP contribution is -2.36. The quantitative estimate of drug-likeness (QED) is 0.519. The number of anilines is 4. The van der Waals surface area contributed by atoms with Crippen molar-refractivity contribution < 1.29 is 4.79 Å². The SMILES string of the molecule is CCN1CCc2c(sc(Nc3c(Nc4ccc(Cl)cc4)c(=O)c3=O)c2C(N)=O)C1. The molecule has 0 saturated carbocycles. The van der Waals surface area contributed by atoms with Crippen LogP contribution in [-0.4, -0.2) is 23.9 Å². The van der Waals surface area contributed by atoms with E-state index < -0.39 is 16.8 Å². The van der Waals surface area contributed by atoms with Gasteiger partial charge in [-0.2, -0.15) is 0 Å². The number of hydrogen-bond donors (Lipinski definition) is 3. The van der Waals surface area contributed by atoms with Gasteiger partial charge in [-0.25, -0.2) is 0 Å². The average molecular weight is 431 g/mol. The fourth-order valence-electron chi connectivity index (χ4n) is 3.50. The minimum Gasteiger partial charge on any atom is -0.365 e. The molecule has 0 fully saturated rings. The summed E-state index contributed by atoms with van der Waals surface area (Å²) in [6, 6.07) is 6.78.